The molecule has 0 saturated heterocycles. The van der Waals surface area contributed by atoms with Gasteiger partial charge in [-0.2, -0.15) is 0 Å². The van der Waals surface area contributed by atoms with Crippen LogP contribution in [0.25, 0.3) is 17.0 Å². The number of benzene rings is 2. The molecule has 2 aromatic carbocycles. The summed E-state index contributed by atoms with van der Waals surface area (Å²) in [5.41, 5.74) is 2.36. The van der Waals surface area contributed by atoms with Crippen molar-refractivity contribution in [1.82, 2.24) is 14.9 Å². The van der Waals surface area contributed by atoms with Crippen LogP contribution < -0.4 is 10.2 Å². The second-order valence-electron chi connectivity index (χ2n) is 7.03. The monoisotopic (exact) mass is 423 g/mol. The van der Waals surface area contributed by atoms with E-state index in [0.717, 1.165) is 10.9 Å². The Morgan fingerprint density at radius 3 is 2.90 bits per heavy atom. The summed E-state index contributed by atoms with van der Waals surface area (Å²) >= 11 is 5.96. The van der Waals surface area contributed by atoms with Gasteiger partial charge in [-0.3, -0.25) is 9.69 Å². The lowest BCUT2D eigenvalue weighted by molar-refractivity contribution is -0.111. The number of likely N-dealkylation sites (N-methyl/N-ethyl adjacent to an activating group) is 1. The summed E-state index contributed by atoms with van der Waals surface area (Å²) in [5, 5.41) is 3.65. The fraction of sp³-hybridized carbons (Fsp3) is 0.136. The molecule has 2 heterocycles. The molecule has 0 aliphatic carbocycles. The number of rotatable bonds is 5. The zero-order valence-corrected chi connectivity index (χ0v) is 17.2. The van der Waals surface area contributed by atoms with Crippen molar-refractivity contribution in [3.05, 3.63) is 71.4 Å². The Bertz CT molecular complexity index is 1190. The summed E-state index contributed by atoms with van der Waals surface area (Å²) in [6.45, 7) is 0.663. The summed E-state index contributed by atoms with van der Waals surface area (Å²) in [6, 6.07) is 8.40. The highest BCUT2D eigenvalue weighted by molar-refractivity contribution is 6.31. The third-order valence-electron chi connectivity index (χ3n) is 4.63. The van der Waals surface area contributed by atoms with Crippen molar-refractivity contribution in [2.24, 2.45) is 0 Å². The van der Waals surface area contributed by atoms with Gasteiger partial charge in [-0.15, -0.1) is 0 Å². The van der Waals surface area contributed by atoms with Crippen LogP contribution in [-0.2, 0) is 4.79 Å². The molecule has 0 saturated carbocycles. The lowest BCUT2D eigenvalue weighted by atomic mass is 10.0. The summed E-state index contributed by atoms with van der Waals surface area (Å²) in [7, 11) is 3.85. The van der Waals surface area contributed by atoms with Gasteiger partial charge in [0.2, 0.25) is 5.91 Å². The number of hydrogen-bond acceptors (Lipinski definition) is 5. The van der Waals surface area contributed by atoms with E-state index < -0.39 is 5.82 Å². The molecule has 1 aliphatic rings. The molecule has 0 atom stereocenters. The Hall–Kier alpha value is -3.29. The molecule has 4 rings (SSSR count). The van der Waals surface area contributed by atoms with Gasteiger partial charge in [0, 0.05) is 30.1 Å². The normalized spacial score (nSPS) is 12.9. The van der Waals surface area contributed by atoms with Crippen molar-refractivity contribution >= 4 is 51.7 Å². The highest BCUT2D eigenvalue weighted by atomic mass is 35.5. The van der Waals surface area contributed by atoms with Crippen molar-refractivity contribution in [2.75, 3.05) is 30.9 Å². The number of amides is 1. The molecule has 30 heavy (non-hydrogen) atoms. The molecule has 0 fully saturated rings. The van der Waals surface area contributed by atoms with Gasteiger partial charge in [0.1, 0.15) is 12.1 Å². The quantitative estimate of drug-likeness (QED) is 0.607. The minimum atomic E-state index is -0.533. The van der Waals surface area contributed by atoms with Crippen molar-refractivity contribution < 1.29 is 9.18 Å². The molecule has 0 bridgehead atoms. The SMILES string of the molecule is CN(C)C/C=C/C(=O)Nc1ccc2ncnc3c2c1C=CN3c1cccc(Cl)c1F. The number of aromatic nitrogens is 2. The number of carbonyl (C=O) groups is 1. The maximum absolute atomic E-state index is 14.7. The minimum Gasteiger partial charge on any atom is -0.322 e. The van der Waals surface area contributed by atoms with E-state index in [1.54, 1.807) is 47.5 Å². The van der Waals surface area contributed by atoms with Crippen LogP contribution in [0.3, 0.4) is 0 Å². The van der Waals surface area contributed by atoms with Crippen LogP contribution in [0.5, 0.6) is 0 Å². The maximum Gasteiger partial charge on any atom is 0.248 e. The molecular formula is C22H19ClFN5O. The van der Waals surface area contributed by atoms with Crippen molar-refractivity contribution in [3.63, 3.8) is 0 Å². The Labute approximate surface area is 178 Å². The summed E-state index contributed by atoms with van der Waals surface area (Å²) in [6.07, 6.45) is 8.22. The number of carbonyl (C=O) groups excluding carboxylic acids is 1. The zero-order valence-electron chi connectivity index (χ0n) is 16.4. The molecule has 6 nitrogen and oxygen atoms in total. The molecule has 152 valence electrons. The van der Waals surface area contributed by atoms with E-state index in [9.17, 15) is 9.18 Å². The molecule has 1 aliphatic heterocycles. The van der Waals surface area contributed by atoms with Gasteiger partial charge < -0.3 is 10.2 Å². The van der Waals surface area contributed by atoms with Gasteiger partial charge in [0.15, 0.2) is 5.82 Å². The zero-order chi connectivity index (χ0) is 21.3. The molecule has 3 aromatic rings. The van der Waals surface area contributed by atoms with Crippen LogP contribution in [0.1, 0.15) is 5.56 Å². The van der Waals surface area contributed by atoms with E-state index in [1.807, 2.05) is 19.0 Å². The molecule has 1 N–H and O–H groups in total. The first-order valence-corrected chi connectivity index (χ1v) is 9.65. The molecule has 0 spiro atoms. The van der Waals surface area contributed by atoms with E-state index in [0.29, 0.717) is 23.6 Å². The summed E-state index contributed by atoms with van der Waals surface area (Å²) < 4.78 is 14.7. The molecule has 0 unspecified atom stereocenters. The van der Waals surface area contributed by atoms with Crippen LogP contribution in [0.2, 0.25) is 5.02 Å². The molecule has 8 heteroatoms. The molecule has 1 amide bonds. The van der Waals surface area contributed by atoms with E-state index >= 15 is 0 Å². The average molecular weight is 424 g/mol. The van der Waals surface area contributed by atoms with Gasteiger partial charge in [0.05, 0.1) is 21.6 Å². The van der Waals surface area contributed by atoms with Gasteiger partial charge in [-0.05, 0) is 44.4 Å². The first kappa shape index (κ1) is 20.0. The number of nitrogens with zero attached hydrogens (tertiary/aromatic N) is 4. The summed E-state index contributed by atoms with van der Waals surface area (Å²) in [4.78, 5) is 24.6. The Kier molecular flexibility index (Phi) is 5.48. The standard InChI is InChI=1S/C22H19ClFN5O/c1-28(2)11-4-7-19(30)27-16-8-9-17-20-14(16)10-12-29(22(20)26-13-25-17)18-6-3-5-15(23)21(18)24/h3-10,12-13H,11H2,1-2H3,(H,27,30)/b7-4+. The van der Waals surface area contributed by atoms with Gasteiger partial charge in [0.25, 0.3) is 0 Å². The third-order valence-corrected chi connectivity index (χ3v) is 4.92. The Balaban J connectivity index is 1.75. The molecule has 1 aromatic heterocycles. The van der Waals surface area contributed by atoms with E-state index in [-0.39, 0.29) is 16.6 Å². The predicted molar refractivity (Wildman–Crippen MR) is 118 cm³/mol. The largest absolute Gasteiger partial charge is 0.322 e. The number of halogens is 2. The fourth-order valence-corrected chi connectivity index (χ4v) is 3.43. The van der Waals surface area contributed by atoms with Crippen LogP contribution in [0.4, 0.5) is 21.6 Å². The fourth-order valence-electron chi connectivity index (χ4n) is 3.26. The van der Waals surface area contributed by atoms with Crippen LogP contribution in [0, 0.1) is 5.82 Å². The number of hydrogen-bond donors (Lipinski definition) is 1. The Morgan fingerprint density at radius 2 is 2.10 bits per heavy atom. The van der Waals surface area contributed by atoms with Gasteiger partial charge >= 0.3 is 0 Å². The van der Waals surface area contributed by atoms with Crippen LogP contribution in [0.15, 0.2) is 55.0 Å². The van der Waals surface area contributed by atoms with Crippen LogP contribution >= 0.6 is 11.6 Å². The molecule has 0 radical (unpaired) electrons. The molecular weight excluding hydrogens is 405 g/mol. The summed E-state index contributed by atoms with van der Waals surface area (Å²) in [5.74, 6) is -0.255. The van der Waals surface area contributed by atoms with E-state index in [2.05, 4.69) is 15.3 Å². The first-order chi connectivity index (χ1) is 14.5. The van der Waals surface area contributed by atoms with E-state index in [4.69, 9.17) is 11.6 Å². The Morgan fingerprint density at radius 1 is 1.27 bits per heavy atom. The highest BCUT2D eigenvalue weighted by Crippen LogP contribution is 2.40. The van der Waals surface area contributed by atoms with Gasteiger partial charge in [-0.1, -0.05) is 23.7 Å². The maximum atomic E-state index is 14.7. The minimum absolute atomic E-state index is 0.0301. The van der Waals surface area contributed by atoms with Gasteiger partial charge in [-0.25, -0.2) is 14.4 Å². The second kappa shape index (κ2) is 8.22. The first-order valence-electron chi connectivity index (χ1n) is 9.27. The van der Waals surface area contributed by atoms with Crippen molar-refractivity contribution in [3.8, 4) is 0 Å². The topological polar surface area (TPSA) is 61.4 Å². The highest BCUT2D eigenvalue weighted by Gasteiger charge is 2.23. The predicted octanol–water partition coefficient (Wildman–Crippen LogP) is 4.60. The van der Waals surface area contributed by atoms with E-state index in [1.165, 1.54) is 18.5 Å². The average Bonchev–Trinajstić information content (AvgIpc) is 2.72. The third kappa shape index (κ3) is 3.77. The smallest absolute Gasteiger partial charge is 0.248 e. The van der Waals surface area contributed by atoms with Crippen molar-refractivity contribution in [1.29, 1.82) is 0 Å². The lowest BCUT2D eigenvalue weighted by Gasteiger charge is -2.26. The second-order valence-corrected chi connectivity index (χ2v) is 7.44. The lowest BCUT2D eigenvalue weighted by Crippen LogP contribution is -2.17. The van der Waals surface area contributed by atoms with Crippen LogP contribution in [-0.4, -0.2) is 41.4 Å². The number of nitrogens with one attached hydrogen (secondary N) is 1. The number of anilines is 3. The van der Waals surface area contributed by atoms with Crippen molar-refractivity contribution in [2.45, 2.75) is 0 Å².